The highest BCUT2D eigenvalue weighted by molar-refractivity contribution is 5.86. The molecular formula is C24H32BrNO4. The molecule has 3 rings (SSSR count). The Hall–Kier alpha value is -1.73. The predicted octanol–water partition coefficient (Wildman–Crippen LogP) is 0.0335. The smallest absolute Gasteiger partial charge is 0.348 e. The molecule has 0 radical (unpaired) electrons. The van der Waals surface area contributed by atoms with Gasteiger partial charge in [0.05, 0.1) is 27.2 Å². The van der Waals surface area contributed by atoms with Crippen molar-refractivity contribution < 1.29 is 40.8 Å². The molecule has 5 nitrogen and oxygen atoms in total. The molecule has 1 saturated heterocycles. The fourth-order valence-corrected chi connectivity index (χ4v) is 3.94. The summed E-state index contributed by atoms with van der Waals surface area (Å²) in [6, 6.07) is 17.3. The van der Waals surface area contributed by atoms with Crippen molar-refractivity contribution in [2.45, 2.75) is 31.5 Å². The minimum absolute atomic E-state index is 0. The van der Waals surface area contributed by atoms with Crippen molar-refractivity contribution in [3.63, 3.8) is 0 Å². The maximum absolute atomic E-state index is 13.7. The molecule has 1 heterocycles. The van der Waals surface area contributed by atoms with Crippen LogP contribution < -0.4 is 17.0 Å². The summed E-state index contributed by atoms with van der Waals surface area (Å²) in [5.41, 5.74) is 1.22. The number of aliphatic hydroxyl groups is 1. The van der Waals surface area contributed by atoms with Crippen LogP contribution in [0.1, 0.15) is 29.5 Å². The van der Waals surface area contributed by atoms with E-state index in [-0.39, 0.29) is 36.3 Å². The number of rotatable bonds is 8. The van der Waals surface area contributed by atoms with Crippen LogP contribution in [-0.4, -0.2) is 62.1 Å². The lowest BCUT2D eigenvalue weighted by Gasteiger charge is -2.34. The van der Waals surface area contributed by atoms with Crippen LogP contribution in [0.5, 0.6) is 0 Å². The highest BCUT2D eigenvalue weighted by Gasteiger charge is 2.47. The van der Waals surface area contributed by atoms with E-state index in [4.69, 9.17) is 9.47 Å². The van der Waals surface area contributed by atoms with Crippen LogP contribution in [-0.2, 0) is 19.9 Å². The summed E-state index contributed by atoms with van der Waals surface area (Å²) in [5.74, 6) is -0.391. The maximum atomic E-state index is 13.7. The van der Waals surface area contributed by atoms with E-state index < -0.39 is 11.6 Å². The Balaban J connectivity index is 0.00000320. The lowest BCUT2D eigenvalue weighted by molar-refractivity contribution is -0.879. The number of halogens is 1. The van der Waals surface area contributed by atoms with Crippen molar-refractivity contribution in [2.24, 2.45) is 0 Å². The van der Waals surface area contributed by atoms with Crippen LogP contribution in [0.3, 0.4) is 0 Å². The van der Waals surface area contributed by atoms with Gasteiger partial charge in [0, 0.05) is 13.0 Å². The third-order valence-electron chi connectivity index (χ3n) is 5.57. The molecule has 0 aliphatic carbocycles. The molecule has 30 heavy (non-hydrogen) atoms. The summed E-state index contributed by atoms with van der Waals surface area (Å²) in [6.07, 6.45) is 1.15. The average molecular weight is 478 g/mol. The van der Waals surface area contributed by atoms with Crippen LogP contribution in [0, 0.1) is 6.92 Å². The largest absolute Gasteiger partial charge is 1.00 e. The number of carbonyl (C=O) groups excluding carboxylic acids is 1. The fourth-order valence-electron chi connectivity index (χ4n) is 3.94. The molecule has 0 bridgehead atoms. The van der Waals surface area contributed by atoms with Gasteiger partial charge in [0.25, 0.3) is 0 Å². The molecule has 2 aromatic rings. The van der Waals surface area contributed by atoms with Crippen molar-refractivity contribution in [3.05, 3.63) is 71.3 Å². The van der Waals surface area contributed by atoms with Crippen molar-refractivity contribution in [1.82, 2.24) is 0 Å². The first-order chi connectivity index (χ1) is 13.9. The number of carbonyl (C=O) groups is 1. The third kappa shape index (κ3) is 5.49. The second-order valence-electron chi connectivity index (χ2n) is 8.50. The third-order valence-corrected chi connectivity index (χ3v) is 5.57. The minimum atomic E-state index is -1.36. The molecule has 0 saturated carbocycles. The maximum Gasteiger partial charge on any atom is 0.348 e. The molecule has 164 valence electrons. The topological polar surface area (TPSA) is 55.8 Å². The molecule has 0 aromatic heterocycles. The van der Waals surface area contributed by atoms with Crippen molar-refractivity contribution >= 4 is 5.97 Å². The number of aryl methyl sites for hydroxylation is 1. The van der Waals surface area contributed by atoms with Crippen molar-refractivity contribution in [1.29, 1.82) is 0 Å². The molecule has 2 atom stereocenters. The molecule has 1 fully saturated rings. The Bertz CT molecular complexity index is 810. The molecule has 6 heteroatoms. The second-order valence-corrected chi connectivity index (χ2v) is 8.50. The number of ether oxygens (including phenoxy) is 2. The molecular weight excluding hydrogens is 446 g/mol. The number of esters is 1. The quantitative estimate of drug-likeness (QED) is 0.331. The first-order valence-electron chi connectivity index (χ1n) is 10.3. The van der Waals surface area contributed by atoms with Gasteiger partial charge in [0.2, 0.25) is 5.60 Å². The number of hydrogen-bond acceptors (Lipinski definition) is 4. The summed E-state index contributed by atoms with van der Waals surface area (Å²) >= 11 is 0. The average Bonchev–Trinajstić information content (AvgIpc) is 3.05. The van der Waals surface area contributed by atoms with E-state index in [1.54, 1.807) is 0 Å². The van der Waals surface area contributed by atoms with Gasteiger partial charge in [-0.05, 0) is 24.5 Å². The van der Waals surface area contributed by atoms with Crippen LogP contribution in [0.4, 0.5) is 0 Å². The SMILES string of the molecule is Cc1ccc(C(OCCCO)(C(=O)OC2CC[N+](C)(C)C2)c2ccccc2)cc1.[Br-]. The summed E-state index contributed by atoms with van der Waals surface area (Å²) < 4.78 is 13.1. The highest BCUT2D eigenvalue weighted by atomic mass is 79.9. The molecule has 2 aromatic carbocycles. The summed E-state index contributed by atoms with van der Waals surface area (Å²) in [6.45, 7) is 4.04. The summed E-state index contributed by atoms with van der Waals surface area (Å²) in [4.78, 5) is 13.7. The lowest BCUT2D eigenvalue weighted by atomic mass is 9.85. The number of aliphatic hydroxyl groups excluding tert-OH is 1. The molecule has 1 aliphatic heterocycles. The summed E-state index contributed by atoms with van der Waals surface area (Å²) in [5, 5.41) is 9.27. The van der Waals surface area contributed by atoms with Gasteiger partial charge in [-0.3, -0.25) is 0 Å². The number of likely N-dealkylation sites (N-methyl/N-ethyl adjacent to an activating group) is 1. The van der Waals surface area contributed by atoms with Gasteiger partial charge < -0.3 is 36.0 Å². The molecule has 1 aliphatic rings. The van der Waals surface area contributed by atoms with Gasteiger partial charge in [-0.15, -0.1) is 0 Å². The Labute approximate surface area is 190 Å². The van der Waals surface area contributed by atoms with E-state index in [1.165, 1.54) is 0 Å². The van der Waals surface area contributed by atoms with Gasteiger partial charge in [-0.1, -0.05) is 60.2 Å². The Morgan fingerprint density at radius 2 is 1.73 bits per heavy atom. The minimum Gasteiger partial charge on any atom is -1.00 e. The number of nitrogens with zero attached hydrogens (tertiary/aromatic N) is 1. The first kappa shape index (κ1) is 24.5. The van der Waals surface area contributed by atoms with E-state index in [1.807, 2.05) is 61.5 Å². The van der Waals surface area contributed by atoms with E-state index in [2.05, 4.69) is 14.1 Å². The fraction of sp³-hybridized carbons (Fsp3) is 0.458. The molecule has 0 spiro atoms. The monoisotopic (exact) mass is 477 g/mol. The van der Waals surface area contributed by atoms with Gasteiger partial charge in [0.15, 0.2) is 6.10 Å². The zero-order valence-electron chi connectivity index (χ0n) is 18.0. The normalized spacial score (nSPS) is 19.5. The number of quaternary nitrogens is 1. The van der Waals surface area contributed by atoms with E-state index in [9.17, 15) is 9.90 Å². The second kappa shape index (κ2) is 10.5. The van der Waals surface area contributed by atoms with Gasteiger partial charge in [-0.25, -0.2) is 4.79 Å². The number of hydrogen-bond donors (Lipinski definition) is 1. The van der Waals surface area contributed by atoms with Crippen LogP contribution >= 0.6 is 0 Å². The van der Waals surface area contributed by atoms with E-state index in [0.717, 1.165) is 40.7 Å². The van der Waals surface area contributed by atoms with Crippen LogP contribution in [0.25, 0.3) is 0 Å². The van der Waals surface area contributed by atoms with Gasteiger partial charge >= 0.3 is 5.97 Å². The Morgan fingerprint density at radius 1 is 1.10 bits per heavy atom. The predicted molar refractivity (Wildman–Crippen MR) is 112 cm³/mol. The lowest BCUT2D eigenvalue weighted by Crippen LogP contribution is -3.00. The number of benzene rings is 2. The van der Waals surface area contributed by atoms with Gasteiger partial charge in [-0.2, -0.15) is 0 Å². The summed E-state index contributed by atoms with van der Waals surface area (Å²) in [7, 11) is 4.30. The van der Waals surface area contributed by atoms with Crippen molar-refractivity contribution in [3.8, 4) is 0 Å². The Kier molecular flexibility index (Phi) is 8.62. The van der Waals surface area contributed by atoms with Crippen LogP contribution in [0.2, 0.25) is 0 Å². The van der Waals surface area contributed by atoms with Crippen molar-refractivity contribution in [2.75, 3.05) is 40.4 Å². The zero-order chi connectivity index (χ0) is 20.9. The standard InChI is InChI=1S/C24H32NO4.BrH/c1-19-10-12-21(13-11-19)24(28-17-7-16-26,20-8-5-4-6-9-20)23(27)29-22-14-15-25(2,3)18-22;/h4-6,8-13,22,26H,7,14-18H2,1-3H3;1H/q+1;/p-1. The highest BCUT2D eigenvalue weighted by Crippen LogP contribution is 2.37. The van der Waals surface area contributed by atoms with Crippen LogP contribution in [0.15, 0.2) is 54.6 Å². The Morgan fingerprint density at radius 3 is 2.30 bits per heavy atom. The van der Waals surface area contributed by atoms with E-state index >= 15 is 0 Å². The number of likely N-dealkylation sites (tertiary alicyclic amines) is 1. The van der Waals surface area contributed by atoms with Gasteiger partial charge in [0.1, 0.15) is 6.54 Å². The molecule has 1 N–H and O–H groups in total. The van der Waals surface area contributed by atoms with E-state index in [0.29, 0.717) is 6.42 Å². The molecule has 2 unspecified atom stereocenters. The first-order valence-corrected chi connectivity index (χ1v) is 10.3. The zero-order valence-corrected chi connectivity index (χ0v) is 19.6. The molecule has 0 amide bonds.